The van der Waals surface area contributed by atoms with Gasteiger partial charge in [0.2, 0.25) is 11.0 Å². The number of nitro groups is 1. The van der Waals surface area contributed by atoms with Crippen LogP contribution in [-0.4, -0.2) is 46.4 Å². The summed E-state index contributed by atoms with van der Waals surface area (Å²) in [6.45, 7) is 0.795. The van der Waals surface area contributed by atoms with Crippen LogP contribution in [0.5, 0.6) is 0 Å². The van der Waals surface area contributed by atoms with Crippen molar-refractivity contribution in [3.05, 3.63) is 21.1 Å². The highest BCUT2D eigenvalue weighted by atomic mass is 35.5. The highest BCUT2D eigenvalue weighted by Gasteiger charge is 2.31. The number of nitrogens with one attached hydrogen (secondary N) is 1. The molecule has 0 saturated heterocycles. The molecule has 1 saturated carbocycles. The Morgan fingerprint density at radius 2 is 2.20 bits per heavy atom. The number of ether oxygens (including phenoxy) is 1. The lowest BCUT2D eigenvalue weighted by atomic mass is 10.3. The summed E-state index contributed by atoms with van der Waals surface area (Å²) in [7, 11) is 0. The van der Waals surface area contributed by atoms with Crippen molar-refractivity contribution in [2.75, 3.05) is 31.7 Å². The molecule has 0 aromatic carbocycles. The molecule has 0 aliphatic heterocycles. The van der Waals surface area contributed by atoms with E-state index in [-0.39, 0.29) is 35.8 Å². The number of nitrogens with zero attached hydrogens (tertiary/aromatic N) is 3. The van der Waals surface area contributed by atoms with Crippen LogP contribution in [0.3, 0.4) is 0 Å². The van der Waals surface area contributed by atoms with E-state index in [0.29, 0.717) is 19.0 Å². The van der Waals surface area contributed by atoms with E-state index >= 15 is 0 Å². The van der Waals surface area contributed by atoms with Gasteiger partial charge in [0, 0.05) is 12.5 Å². The van der Waals surface area contributed by atoms with E-state index in [1.807, 2.05) is 0 Å². The third-order valence-electron chi connectivity index (χ3n) is 2.76. The second-order valence-electron chi connectivity index (χ2n) is 4.36. The molecule has 2 N–H and O–H groups in total. The highest BCUT2D eigenvalue weighted by Crippen LogP contribution is 2.41. The molecule has 2 rings (SSSR count). The summed E-state index contributed by atoms with van der Waals surface area (Å²) in [6, 6.07) is 0. The molecule has 9 heteroatoms. The van der Waals surface area contributed by atoms with Crippen LogP contribution in [0, 0.1) is 10.1 Å². The molecule has 0 amide bonds. The van der Waals surface area contributed by atoms with Crippen molar-refractivity contribution in [2.24, 2.45) is 0 Å². The van der Waals surface area contributed by atoms with Gasteiger partial charge in [-0.15, -0.1) is 0 Å². The zero-order valence-electron chi connectivity index (χ0n) is 10.7. The summed E-state index contributed by atoms with van der Waals surface area (Å²) in [5.74, 6) is 0.906. The van der Waals surface area contributed by atoms with E-state index < -0.39 is 4.92 Å². The van der Waals surface area contributed by atoms with Crippen LogP contribution in [0.2, 0.25) is 5.15 Å². The number of aromatic nitrogens is 2. The van der Waals surface area contributed by atoms with Crippen molar-refractivity contribution >= 4 is 23.1 Å². The lowest BCUT2D eigenvalue weighted by molar-refractivity contribution is -0.384. The van der Waals surface area contributed by atoms with Crippen LogP contribution in [-0.2, 0) is 4.74 Å². The van der Waals surface area contributed by atoms with E-state index in [0.717, 1.165) is 12.8 Å². The number of hydrogen-bond donors (Lipinski definition) is 2. The maximum Gasteiger partial charge on any atom is 0.348 e. The Labute approximate surface area is 120 Å². The van der Waals surface area contributed by atoms with Gasteiger partial charge in [0.15, 0.2) is 0 Å². The molecule has 0 spiro atoms. The molecule has 1 heterocycles. The fourth-order valence-corrected chi connectivity index (χ4v) is 1.91. The summed E-state index contributed by atoms with van der Waals surface area (Å²) < 4.78 is 5.07. The second-order valence-corrected chi connectivity index (χ2v) is 4.72. The molecular formula is C11H15ClN4O4. The first kappa shape index (κ1) is 14.9. The van der Waals surface area contributed by atoms with Crippen LogP contribution < -0.4 is 5.32 Å². The first-order valence-electron chi connectivity index (χ1n) is 6.27. The molecule has 1 aromatic heterocycles. The minimum Gasteiger partial charge on any atom is -0.394 e. The second kappa shape index (κ2) is 6.78. The number of rotatable bonds is 8. The SMILES string of the molecule is O=[N+]([O-])c1c(Cl)nc(C2CC2)nc1NCCOCCO. The van der Waals surface area contributed by atoms with Crippen LogP contribution >= 0.6 is 11.6 Å². The zero-order valence-corrected chi connectivity index (χ0v) is 11.5. The molecule has 0 unspecified atom stereocenters. The smallest absolute Gasteiger partial charge is 0.348 e. The summed E-state index contributed by atoms with van der Waals surface area (Å²) in [6.07, 6.45) is 1.96. The molecule has 0 bridgehead atoms. The molecular weight excluding hydrogens is 288 g/mol. The molecule has 1 aromatic rings. The maximum absolute atomic E-state index is 11.0. The van der Waals surface area contributed by atoms with Crippen LogP contribution in [0.25, 0.3) is 0 Å². The fraction of sp³-hybridized carbons (Fsp3) is 0.636. The van der Waals surface area contributed by atoms with E-state index in [4.69, 9.17) is 21.4 Å². The van der Waals surface area contributed by atoms with Gasteiger partial charge in [0.25, 0.3) is 0 Å². The minimum absolute atomic E-state index is 0.0642. The molecule has 20 heavy (non-hydrogen) atoms. The van der Waals surface area contributed by atoms with Gasteiger partial charge in [-0.3, -0.25) is 10.1 Å². The Kier molecular flexibility index (Phi) is 5.05. The van der Waals surface area contributed by atoms with E-state index in [9.17, 15) is 10.1 Å². The van der Waals surface area contributed by atoms with Gasteiger partial charge in [-0.25, -0.2) is 9.97 Å². The first-order chi connectivity index (χ1) is 9.63. The van der Waals surface area contributed by atoms with Crippen molar-refractivity contribution in [3.8, 4) is 0 Å². The molecule has 1 aliphatic rings. The predicted molar refractivity (Wildman–Crippen MR) is 72.1 cm³/mol. The van der Waals surface area contributed by atoms with Crippen LogP contribution in [0.4, 0.5) is 11.5 Å². The Bertz CT molecular complexity index is 496. The quantitative estimate of drug-likeness (QED) is 0.322. The van der Waals surface area contributed by atoms with Gasteiger partial charge < -0.3 is 15.2 Å². The van der Waals surface area contributed by atoms with E-state index in [2.05, 4.69) is 15.3 Å². The highest BCUT2D eigenvalue weighted by molar-refractivity contribution is 6.31. The summed E-state index contributed by atoms with van der Waals surface area (Å²) in [5.41, 5.74) is -0.321. The Balaban J connectivity index is 2.09. The number of hydrogen-bond acceptors (Lipinski definition) is 7. The van der Waals surface area contributed by atoms with Crippen LogP contribution in [0.1, 0.15) is 24.6 Å². The van der Waals surface area contributed by atoms with Crippen LogP contribution in [0.15, 0.2) is 0 Å². The Hall–Kier alpha value is -1.51. The predicted octanol–water partition coefficient (Wildman–Crippen LogP) is 1.34. The lowest BCUT2D eigenvalue weighted by Crippen LogP contribution is -2.14. The lowest BCUT2D eigenvalue weighted by Gasteiger charge is -2.08. The average Bonchev–Trinajstić information content (AvgIpc) is 3.21. The molecule has 0 atom stereocenters. The van der Waals surface area contributed by atoms with Gasteiger partial charge in [0.1, 0.15) is 5.82 Å². The van der Waals surface area contributed by atoms with Crippen molar-refractivity contribution in [1.29, 1.82) is 0 Å². The minimum atomic E-state index is -0.601. The van der Waals surface area contributed by atoms with Gasteiger partial charge in [-0.1, -0.05) is 11.6 Å². The van der Waals surface area contributed by atoms with E-state index in [1.54, 1.807) is 0 Å². The van der Waals surface area contributed by atoms with Gasteiger partial charge in [-0.05, 0) is 12.8 Å². The number of aliphatic hydroxyl groups excluding tert-OH is 1. The first-order valence-corrected chi connectivity index (χ1v) is 6.65. The normalized spacial score (nSPS) is 14.3. The third kappa shape index (κ3) is 3.75. The molecule has 1 fully saturated rings. The zero-order chi connectivity index (χ0) is 14.5. The number of halogens is 1. The van der Waals surface area contributed by atoms with Crippen molar-refractivity contribution in [2.45, 2.75) is 18.8 Å². The molecule has 110 valence electrons. The van der Waals surface area contributed by atoms with Gasteiger partial charge in [-0.2, -0.15) is 0 Å². The maximum atomic E-state index is 11.0. The topological polar surface area (TPSA) is 110 Å². The van der Waals surface area contributed by atoms with Gasteiger partial charge >= 0.3 is 5.69 Å². The molecule has 1 aliphatic carbocycles. The summed E-state index contributed by atoms with van der Waals surface area (Å²) in [5, 5.41) is 22.3. The van der Waals surface area contributed by atoms with Gasteiger partial charge in [0.05, 0.1) is 24.7 Å². The van der Waals surface area contributed by atoms with Crippen molar-refractivity contribution in [3.63, 3.8) is 0 Å². The third-order valence-corrected chi connectivity index (χ3v) is 3.02. The summed E-state index contributed by atoms with van der Waals surface area (Å²) >= 11 is 5.87. The number of anilines is 1. The molecule has 8 nitrogen and oxygen atoms in total. The number of aliphatic hydroxyl groups is 1. The Morgan fingerprint density at radius 3 is 2.80 bits per heavy atom. The Morgan fingerprint density at radius 1 is 1.45 bits per heavy atom. The monoisotopic (exact) mass is 302 g/mol. The molecule has 0 radical (unpaired) electrons. The average molecular weight is 303 g/mol. The fourth-order valence-electron chi connectivity index (χ4n) is 1.66. The standard InChI is InChI=1S/C11H15ClN4O4/c12-9-8(16(18)19)11(13-3-5-20-6-4-17)15-10(14-9)7-1-2-7/h7,17H,1-6H2,(H,13,14,15). The largest absolute Gasteiger partial charge is 0.394 e. The summed E-state index contributed by atoms with van der Waals surface area (Å²) in [4.78, 5) is 18.6. The van der Waals surface area contributed by atoms with E-state index in [1.165, 1.54) is 0 Å². The van der Waals surface area contributed by atoms with Crippen molar-refractivity contribution < 1.29 is 14.8 Å². The van der Waals surface area contributed by atoms with Crippen molar-refractivity contribution in [1.82, 2.24) is 9.97 Å².